The van der Waals surface area contributed by atoms with E-state index in [1.165, 1.54) is 0 Å². The van der Waals surface area contributed by atoms with Crippen LogP contribution in [-0.2, 0) is 4.74 Å². The average Bonchev–Trinajstić information content (AvgIpc) is 1.88. The maximum Gasteiger partial charge on any atom is 0.0589 e. The van der Waals surface area contributed by atoms with E-state index < -0.39 is 0 Å². The number of alkyl halides is 1. The van der Waals surface area contributed by atoms with E-state index in [4.69, 9.17) is 16.3 Å². The molecule has 60 valence electrons. The molecule has 1 aliphatic rings. The topological polar surface area (TPSA) is 9.23 Å². The lowest BCUT2D eigenvalue weighted by Gasteiger charge is -2.32. The summed E-state index contributed by atoms with van der Waals surface area (Å²) in [6.07, 6.45) is 2.51. The van der Waals surface area contributed by atoms with E-state index in [0.717, 1.165) is 19.4 Å². The molecule has 1 fully saturated rings. The van der Waals surface area contributed by atoms with Crippen LogP contribution in [0.1, 0.15) is 26.7 Å². The van der Waals surface area contributed by atoms with Crippen LogP contribution in [0.15, 0.2) is 0 Å². The molecule has 1 rings (SSSR count). The number of hydrogen-bond acceptors (Lipinski definition) is 1. The van der Waals surface area contributed by atoms with Gasteiger partial charge in [0.05, 0.1) is 6.10 Å². The van der Waals surface area contributed by atoms with Crippen molar-refractivity contribution in [2.24, 2.45) is 5.92 Å². The lowest BCUT2D eigenvalue weighted by Crippen LogP contribution is -2.34. The molecule has 1 saturated heterocycles. The molecule has 0 aromatic rings. The second-order valence-electron chi connectivity index (χ2n) is 2.95. The van der Waals surface area contributed by atoms with E-state index >= 15 is 0 Å². The van der Waals surface area contributed by atoms with Crippen LogP contribution >= 0.6 is 11.6 Å². The standard InChI is InChI=1S/C8H15ClO/c1-3-7-6(2)10-5-4-8(7)9/h6-8H,3-5H2,1-2H3. The van der Waals surface area contributed by atoms with E-state index in [1.54, 1.807) is 0 Å². The fourth-order valence-electron chi connectivity index (χ4n) is 1.59. The van der Waals surface area contributed by atoms with E-state index in [2.05, 4.69) is 13.8 Å². The zero-order valence-corrected chi connectivity index (χ0v) is 7.40. The Morgan fingerprint density at radius 1 is 1.60 bits per heavy atom. The summed E-state index contributed by atoms with van der Waals surface area (Å²) in [6, 6.07) is 0. The zero-order valence-electron chi connectivity index (χ0n) is 6.64. The van der Waals surface area contributed by atoms with Crippen LogP contribution in [-0.4, -0.2) is 18.1 Å². The van der Waals surface area contributed by atoms with Crippen LogP contribution in [0.2, 0.25) is 0 Å². The van der Waals surface area contributed by atoms with Gasteiger partial charge in [-0.15, -0.1) is 11.6 Å². The first kappa shape index (κ1) is 8.35. The molecule has 3 atom stereocenters. The number of rotatable bonds is 1. The van der Waals surface area contributed by atoms with Crippen molar-refractivity contribution in [1.82, 2.24) is 0 Å². The van der Waals surface area contributed by atoms with Gasteiger partial charge in [0.2, 0.25) is 0 Å². The van der Waals surface area contributed by atoms with Gasteiger partial charge in [0.1, 0.15) is 0 Å². The minimum Gasteiger partial charge on any atom is -0.378 e. The first-order valence-corrected chi connectivity index (χ1v) is 4.45. The summed E-state index contributed by atoms with van der Waals surface area (Å²) in [6.45, 7) is 5.12. The molecule has 0 aromatic carbocycles. The van der Waals surface area contributed by atoms with Crippen LogP contribution in [0, 0.1) is 5.92 Å². The highest BCUT2D eigenvalue weighted by Crippen LogP contribution is 2.27. The highest BCUT2D eigenvalue weighted by Gasteiger charge is 2.28. The summed E-state index contributed by atoms with van der Waals surface area (Å²) in [4.78, 5) is 0. The van der Waals surface area contributed by atoms with E-state index in [-0.39, 0.29) is 0 Å². The molecule has 0 aliphatic carbocycles. The Morgan fingerprint density at radius 2 is 2.30 bits per heavy atom. The monoisotopic (exact) mass is 162 g/mol. The molecule has 0 N–H and O–H groups in total. The van der Waals surface area contributed by atoms with Crippen molar-refractivity contribution in [3.63, 3.8) is 0 Å². The maximum absolute atomic E-state index is 6.10. The normalized spacial score (nSPS) is 41.7. The molecule has 1 aliphatic heterocycles. The SMILES string of the molecule is CCC1C(Cl)CCOC1C. The zero-order chi connectivity index (χ0) is 7.56. The lowest BCUT2D eigenvalue weighted by molar-refractivity contribution is -0.0128. The first-order valence-electron chi connectivity index (χ1n) is 4.01. The van der Waals surface area contributed by atoms with Crippen molar-refractivity contribution in [2.45, 2.75) is 38.2 Å². The second kappa shape index (κ2) is 3.59. The summed E-state index contributed by atoms with van der Waals surface area (Å²) in [5.41, 5.74) is 0. The molecule has 0 radical (unpaired) electrons. The summed E-state index contributed by atoms with van der Waals surface area (Å²) < 4.78 is 5.47. The van der Waals surface area contributed by atoms with Crippen molar-refractivity contribution in [3.05, 3.63) is 0 Å². The Hall–Kier alpha value is 0.250. The van der Waals surface area contributed by atoms with Gasteiger partial charge in [-0.1, -0.05) is 6.92 Å². The third-order valence-electron chi connectivity index (χ3n) is 2.31. The predicted octanol–water partition coefficient (Wildman–Crippen LogP) is 2.43. The molecule has 1 heterocycles. The van der Waals surface area contributed by atoms with E-state index in [9.17, 15) is 0 Å². The van der Waals surface area contributed by atoms with Crippen molar-refractivity contribution in [1.29, 1.82) is 0 Å². The fourth-order valence-corrected chi connectivity index (χ4v) is 2.06. The predicted molar refractivity (Wildman–Crippen MR) is 43.5 cm³/mol. The molecule has 2 heteroatoms. The number of halogens is 1. The molecule has 0 amide bonds. The lowest BCUT2D eigenvalue weighted by atomic mass is 9.92. The number of hydrogen-bond donors (Lipinski definition) is 0. The molecule has 0 saturated carbocycles. The van der Waals surface area contributed by atoms with Gasteiger partial charge in [0.15, 0.2) is 0 Å². The van der Waals surface area contributed by atoms with Crippen LogP contribution in [0.3, 0.4) is 0 Å². The molecule has 0 aromatic heterocycles. The van der Waals surface area contributed by atoms with Gasteiger partial charge in [0.25, 0.3) is 0 Å². The highest BCUT2D eigenvalue weighted by molar-refractivity contribution is 6.20. The molecular weight excluding hydrogens is 148 g/mol. The van der Waals surface area contributed by atoms with Crippen molar-refractivity contribution in [3.8, 4) is 0 Å². The van der Waals surface area contributed by atoms with Gasteiger partial charge in [0, 0.05) is 17.9 Å². The van der Waals surface area contributed by atoms with Gasteiger partial charge in [-0.05, 0) is 19.8 Å². The van der Waals surface area contributed by atoms with Gasteiger partial charge in [-0.2, -0.15) is 0 Å². The first-order chi connectivity index (χ1) is 4.75. The third-order valence-corrected chi connectivity index (χ3v) is 2.86. The van der Waals surface area contributed by atoms with Crippen LogP contribution in [0.4, 0.5) is 0 Å². The van der Waals surface area contributed by atoms with Gasteiger partial charge in [-0.25, -0.2) is 0 Å². The summed E-state index contributed by atoms with van der Waals surface area (Å²) in [5.74, 6) is 0.565. The Labute approximate surface area is 67.7 Å². The van der Waals surface area contributed by atoms with Crippen LogP contribution in [0.25, 0.3) is 0 Å². The van der Waals surface area contributed by atoms with Crippen LogP contribution in [0.5, 0.6) is 0 Å². The third kappa shape index (κ3) is 1.64. The number of ether oxygens (including phenoxy) is 1. The minimum absolute atomic E-state index is 0.341. The molecular formula is C8H15ClO. The fraction of sp³-hybridized carbons (Fsp3) is 1.00. The Kier molecular flexibility index (Phi) is 2.99. The molecule has 1 nitrogen and oxygen atoms in total. The molecule has 10 heavy (non-hydrogen) atoms. The van der Waals surface area contributed by atoms with E-state index in [0.29, 0.717) is 17.4 Å². The highest BCUT2D eigenvalue weighted by atomic mass is 35.5. The minimum atomic E-state index is 0.341. The Morgan fingerprint density at radius 3 is 2.70 bits per heavy atom. The smallest absolute Gasteiger partial charge is 0.0589 e. The Balaban J connectivity index is 2.45. The summed E-state index contributed by atoms with van der Waals surface area (Å²) in [5, 5.41) is 0.341. The summed E-state index contributed by atoms with van der Waals surface area (Å²) >= 11 is 6.10. The van der Waals surface area contributed by atoms with Gasteiger partial charge in [-0.3, -0.25) is 0 Å². The van der Waals surface area contributed by atoms with Crippen molar-refractivity contribution < 1.29 is 4.74 Å². The van der Waals surface area contributed by atoms with Gasteiger partial charge >= 0.3 is 0 Å². The molecule has 0 spiro atoms. The van der Waals surface area contributed by atoms with Crippen molar-refractivity contribution in [2.75, 3.05) is 6.61 Å². The average molecular weight is 163 g/mol. The quantitative estimate of drug-likeness (QED) is 0.539. The second-order valence-corrected chi connectivity index (χ2v) is 3.51. The van der Waals surface area contributed by atoms with E-state index in [1.807, 2.05) is 0 Å². The molecule has 3 unspecified atom stereocenters. The summed E-state index contributed by atoms with van der Waals surface area (Å²) in [7, 11) is 0. The largest absolute Gasteiger partial charge is 0.378 e. The van der Waals surface area contributed by atoms with Crippen LogP contribution < -0.4 is 0 Å². The van der Waals surface area contributed by atoms with Crippen molar-refractivity contribution >= 4 is 11.6 Å². The molecule has 0 bridgehead atoms. The van der Waals surface area contributed by atoms with Gasteiger partial charge < -0.3 is 4.74 Å². The Bertz CT molecular complexity index is 95.4. The maximum atomic E-state index is 6.10.